The van der Waals surface area contributed by atoms with Gasteiger partial charge in [0.25, 0.3) is 11.8 Å². The molecule has 7 nitrogen and oxygen atoms in total. The van der Waals surface area contributed by atoms with E-state index in [-0.39, 0.29) is 17.5 Å². The van der Waals surface area contributed by atoms with Gasteiger partial charge in [-0.1, -0.05) is 17.2 Å². The lowest BCUT2D eigenvalue weighted by molar-refractivity contribution is -0.168. The van der Waals surface area contributed by atoms with Crippen LogP contribution in [-0.2, 0) is 19.1 Å². The highest BCUT2D eigenvalue weighted by Crippen LogP contribution is 2.22. The first-order valence-corrected chi connectivity index (χ1v) is 7.49. The molecule has 7 heteroatoms. The Morgan fingerprint density at radius 1 is 1.00 bits per heavy atom. The molecule has 1 aromatic carbocycles. The van der Waals surface area contributed by atoms with E-state index in [1.54, 1.807) is 12.1 Å². The Hall–Kier alpha value is -2.25. The number of hydroxylamine groups is 2. The average Bonchev–Trinajstić information content (AvgIpc) is 2.79. The molecule has 1 aliphatic rings. The van der Waals surface area contributed by atoms with Crippen LogP contribution in [0.3, 0.4) is 0 Å². The third-order valence-electron chi connectivity index (χ3n) is 3.20. The van der Waals surface area contributed by atoms with Gasteiger partial charge in [0.05, 0.1) is 30.8 Å². The standard InChI is InChI=1S/C16H19NO6/c1-2-21-10-11-22-9-5-8-14(18)23-17-15(19)12-6-3-4-7-13(12)16(17)20/h3-4,6-7H,2,5,8-11H2,1H3. The second-order valence-corrected chi connectivity index (χ2v) is 4.83. The van der Waals surface area contributed by atoms with Crippen LogP contribution in [0.15, 0.2) is 24.3 Å². The summed E-state index contributed by atoms with van der Waals surface area (Å²) in [6.45, 7) is 3.88. The molecule has 0 radical (unpaired) electrons. The lowest BCUT2D eigenvalue weighted by Crippen LogP contribution is -2.32. The van der Waals surface area contributed by atoms with Gasteiger partial charge in [0, 0.05) is 13.2 Å². The Morgan fingerprint density at radius 2 is 1.61 bits per heavy atom. The van der Waals surface area contributed by atoms with E-state index in [0.717, 1.165) is 0 Å². The van der Waals surface area contributed by atoms with E-state index in [0.29, 0.717) is 37.9 Å². The van der Waals surface area contributed by atoms with Gasteiger partial charge in [-0.05, 0) is 25.5 Å². The Labute approximate surface area is 134 Å². The lowest BCUT2D eigenvalue weighted by atomic mass is 10.1. The number of nitrogens with zero attached hydrogens (tertiary/aromatic N) is 1. The number of hydrogen-bond donors (Lipinski definition) is 0. The van der Waals surface area contributed by atoms with Crippen LogP contribution in [0.1, 0.15) is 40.5 Å². The van der Waals surface area contributed by atoms with Crippen LogP contribution >= 0.6 is 0 Å². The van der Waals surface area contributed by atoms with Crippen molar-refractivity contribution in [2.45, 2.75) is 19.8 Å². The fourth-order valence-corrected chi connectivity index (χ4v) is 2.08. The zero-order valence-corrected chi connectivity index (χ0v) is 12.9. The van der Waals surface area contributed by atoms with Gasteiger partial charge in [-0.2, -0.15) is 0 Å². The first-order valence-electron chi connectivity index (χ1n) is 7.49. The van der Waals surface area contributed by atoms with Crippen molar-refractivity contribution < 1.29 is 28.7 Å². The quantitative estimate of drug-likeness (QED) is 0.507. The number of benzene rings is 1. The minimum Gasteiger partial charge on any atom is -0.379 e. The minimum atomic E-state index is -0.645. The van der Waals surface area contributed by atoms with Gasteiger partial charge in [-0.25, -0.2) is 4.79 Å². The first kappa shape index (κ1) is 17.1. The summed E-state index contributed by atoms with van der Waals surface area (Å²) in [6.07, 6.45) is 0.496. The van der Waals surface area contributed by atoms with E-state index in [9.17, 15) is 14.4 Å². The SMILES string of the molecule is CCOCCOCCCC(=O)ON1C(=O)c2ccccc2C1=O. The smallest absolute Gasteiger partial charge is 0.333 e. The molecule has 0 aliphatic carbocycles. The summed E-state index contributed by atoms with van der Waals surface area (Å²) in [5.74, 6) is -1.88. The molecule has 0 bridgehead atoms. The van der Waals surface area contributed by atoms with Crippen molar-refractivity contribution in [3.05, 3.63) is 35.4 Å². The molecule has 0 N–H and O–H groups in total. The van der Waals surface area contributed by atoms with Crippen LogP contribution in [-0.4, -0.2) is 49.3 Å². The van der Waals surface area contributed by atoms with Gasteiger partial charge in [0.1, 0.15) is 0 Å². The fourth-order valence-electron chi connectivity index (χ4n) is 2.08. The van der Waals surface area contributed by atoms with Crippen LogP contribution in [0.5, 0.6) is 0 Å². The number of fused-ring (bicyclic) bond motifs is 1. The highest BCUT2D eigenvalue weighted by molar-refractivity contribution is 6.20. The Bertz CT molecular complexity index is 551. The lowest BCUT2D eigenvalue weighted by Gasteiger charge is -2.12. The molecular weight excluding hydrogens is 302 g/mol. The number of carbonyl (C=O) groups excluding carboxylic acids is 3. The van der Waals surface area contributed by atoms with Crippen molar-refractivity contribution in [3.63, 3.8) is 0 Å². The number of imide groups is 1. The second-order valence-electron chi connectivity index (χ2n) is 4.83. The third-order valence-corrected chi connectivity index (χ3v) is 3.20. The van der Waals surface area contributed by atoms with Crippen molar-refractivity contribution in [3.8, 4) is 0 Å². The Balaban J connectivity index is 1.72. The van der Waals surface area contributed by atoms with E-state index in [1.165, 1.54) is 12.1 Å². The number of ether oxygens (including phenoxy) is 2. The summed E-state index contributed by atoms with van der Waals surface area (Å²) in [7, 11) is 0. The molecule has 1 aromatic rings. The topological polar surface area (TPSA) is 82.1 Å². The van der Waals surface area contributed by atoms with Crippen LogP contribution in [0.2, 0.25) is 0 Å². The van der Waals surface area contributed by atoms with Crippen molar-refractivity contribution in [1.82, 2.24) is 5.06 Å². The summed E-state index contributed by atoms with van der Waals surface area (Å²) >= 11 is 0. The summed E-state index contributed by atoms with van der Waals surface area (Å²) in [5, 5.41) is 0.517. The van der Waals surface area contributed by atoms with Gasteiger partial charge in [-0.3, -0.25) is 9.59 Å². The van der Waals surface area contributed by atoms with Crippen LogP contribution < -0.4 is 0 Å². The van der Waals surface area contributed by atoms with Crippen LogP contribution in [0, 0.1) is 0 Å². The van der Waals surface area contributed by atoms with Gasteiger partial charge >= 0.3 is 5.97 Å². The molecule has 1 heterocycles. The van der Waals surface area contributed by atoms with Gasteiger partial charge in [0.15, 0.2) is 0 Å². The Kier molecular flexibility index (Phi) is 6.25. The van der Waals surface area contributed by atoms with E-state index in [1.807, 2.05) is 6.92 Å². The average molecular weight is 321 g/mol. The Morgan fingerprint density at radius 3 is 2.22 bits per heavy atom. The van der Waals surface area contributed by atoms with E-state index < -0.39 is 17.8 Å². The molecular formula is C16H19NO6. The maximum Gasteiger partial charge on any atom is 0.333 e. The van der Waals surface area contributed by atoms with Crippen molar-refractivity contribution in [1.29, 1.82) is 0 Å². The molecule has 23 heavy (non-hydrogen) atoms. The molecule has 2 amide bonds. The van der Waals surface area contributed by atoms with E-state index in [2.05, 4.69) is 0 Å². The van der Waals surface area contributed by atoms with Gasteiger partial charge < -0.3 is 14.3 Å². The maximum absolute atomic E-state index is 12.0. The molecule has 0 saturated carbocycles. The largest absolute Gasteiger partial charge is 0.379 e. The molecule has 124 valence electrons. The summed E-state index contributed by atoms with van der Waals surface area (Å²) < 4.78 is 10.4. The van der Waals surface area contributed by atoms with Gasteiger partial charge in [0.2, 0.25) is 0 Å². The summed E-state index contributed by atoms with van der Waals surface area (Å²) in [4.78, 5) is 40.6. The first-order chi connectivity index (χ1) is 11.1. The normalized spacial score (nSPS) is 13.3. The molecule has 0 saturated heterocycles. The van der Waals surface area contributed by atoms with Gasteiger partial charge in [-0.15, -0.1) is 0 Å². The molecule has 0 unspecified atom stereocenters. The highest BCUT2D eigenvalue weighted by Gasteiger charge is 2.38. The minimum absolute atomic E-state index is 0.0576. The predicted molar refractivity (Wildman–Crippen MR) is 79.6 cm³/mol. The second kappa shape index (κ2) is 8.40. The number of hydrogen-bond acceptors (Lipinski definition) is 6. The monoisotopic (exact) mass is 321 g/mol. The summed E-state index contributed by atoms with van der Waals surface area (Å²) in [5.41, 5.74) is 0.481. The molecule has 1 aliphatic heterocycles. The molecule has 0 aromatic heterocycles. The third kappa shape index (κ3) is 4.37. The number of amides is 2. The van der Waals surface area contributed by atoms with Crippen molar-refractivity contribution in [2.24, 2.45) is 0 Å². The van der Waals surface area contributed by atoms with Crippen molar-refractivity contribution >= 4 is 17.8 Å². The molecule has 2 rings (SSSR count). The summed E-state index contributed by atoms with van der Waals surface area (Å²) in [6, 6.07) is 6.34. The molecule has 0 fully saturated rings. The van der Waals surface area contributed by atoms with Crippen LogP contribution in [0.4, 0.5) is 0 Å². The zero-order chi connectivity index (χ0) is 16.7. The maximum atomic E-state index is 12.0. The molecule has 0 spiro atoms. The predicted octanol–water partition coefficient (Wildman–Crippen LogP) is 1.57. The fraction of sp³-hybridized carbons (Fsp3) is 0.438. The number of rotatable bonds is 9. The zero-order valence-electron chi connectivity index (χ0n) is 12.9. The van der Waals surface area contributed by atoms with E-state index >= 15 is 0 Å². The van der Waals surface area contributed by atoms with E-state index in [4.69, 9.17) is 14.3 Å². The van der Waals surface area contributed by atoms with Crippen LogP contribution in [0.25, 0.3) is 0 Å². The van der Waals surface area contributed by atoms with Crippen molar-refractivity contribution in [2.75, 3.05) is 26.4 Å². The highest BCUT2D eigenvalue weighted by atomic mass is 16.7. The number of carbonyl (C=O) groups is 3. The molecule has 0 atom stereocenters.